The van der Waals surface area contributed by atoms with Gasteiger partial charge < -0.3 is 4.98 Å². The fourth-order valence-corrected chi connectivity index (χ4v) is 1.79. The molecule has 0 saturated carbocycles. The number of aromatic nitrogens is 1. The molecule has 0 aliphatic heterocycles. The molecule has 90 valence electrons. The molecule has 0 aliphatic carbocycles. The maximum absolute atomic E-state index is 10.7. The van der Waals surface area contributed by atoms with Gasteiger partial charge >= 0.3 is 0 Å². The van der Waals surface area contributed by atoms with Crippen LogP contribution in [0.15, 0.2) is 24.3 Å². The van der Waals surface area contributed by atoms with Crippen molar-refractivity contribution in [2.75, 3.05) is 0 Å². The summed E-state index contributed by atoms with van der Waals surface area (Å²) in [5.74, 6) is 0. The van der Waals surface area contributed by atoms with Gasteiger partial charge in [-0.05, 0) is 18.6 Å². The second-order valence-corrected chi connectivity index (χ2v) is 4.95. The minimum absolute atomic E-state index is 0.0633. The number of nitrogens with one attached hydrogen (secondary N) is 1. The molecule has 4 nitrogen and oxygen atoms in total. The molecule has 4 heteroatoms. The van der Waals surface area contributed by atoms with Crippen LogP contribution in [0.5, 0.6) is 0 Å². The third kappa shape index (κ3) is 2.02. The zero-order valence-corrected chi connectivity index (χ0v) is 10.3. The molecule has 0 amide bonds. The molecule has 2 rings (SSSR count). The molecular formula is C13H16N2O2. The Bertz CT molecular complexity index is 570. The summed E-state index contributed by atoms with van der Waals surface area (Å²) in [6.45, 7) is 6.45. The first-order chi connectivity index (χ1) is 7.94. The van der Waals surface area contributed by atoms with E-state index in [4.69, 9.17) is 0 Å². The van der Waals surface area contributed by atoms with Gasteiger partial charge in [0.1, 0.15) is 0 Å². The Morgan fingerprint density at radius 1 is 1.35 bits per heavy atom. The quantitative estimate of drug-likeness (QED) is 0.647. The van der Waals surface area contributed by atoms with E-state index in [2.05, 4.69) is 25.8 Å². The molecule has 0 unspecified atom stereocenters. The summed E-state index contributed by atoms with van der Waals surface area (Å²) in [5.41, 5.74) is 2.27. The number of benzene rings is 1. The Labute approximate surface area is 99.8 Å². The van der Waals surface area contributed by atoms with Crippen molar-refractivity contribution in [3.63, 3.8) is 0 Å². The number of rotatable bonds is 3. The number of fused-ring (bicyclic) bond motifs is 1. The lowest BCUT2D eigenvalue weighted by Gasteiger charge is -2.20. The predicted octanol–water partition coefficient (Wildman–Crippen LogP) is 3.76. The molecule has 1 heterocycles. The molecular weight excluding hydrogens is 216 g/mol. The van der Waals surface area contributed by atoms with Gasteiger partial charge in [0.05, 0.1) is 4.92 Å². The molecule has 0 spiro atoms. The molecule has 0 atom stereocenters. The summed E-state index contributed by atoms with van der Waals surface area (Å²) in [5, 5.41) is 11.6. The van der Waals surface area contributed by atoms with E-state index >= 15 is 0 Å². The molecule has 0 radical (unpaired) electrons. The molecule has 1 aromatic carbocycles. The highest BCUT2D eigenvalue weighted by atomic mass is 16.6. The van der Waals surface area contributed by atoms with Crippen LogP contribution < -0.4 is 0 Å². The number of hydrogen-bond donors (Lipinski definition) is 1. The van der Waals surface area contributed by atoms with E-state index < -0.39 is 0 Å². The van der Waals surface area contributed by atoms with E-state index in [-0.39, 0.29) is 16.0 Å². The highest BCUT2D eigenvalue weighted by Crippen LogP contribution is 2.30. The fourth-order valence-electron chi connectivity index (χ4n) is 1.79. The summed E-state index contributed by atoms with van der Waals surface area (Å²) in [4.78, 5) is 13.7. The predicted molar refractivity (Wildman–Crippen MR) is 68.3 cm³/mol. The van der Waals surface area contributed by atoms with E-state index in [1.165, 1.54) is 6.07 Å². The highest BCUT2D eigenvalue weighted by molar-refractivity contribution is 5.83. The Kier molecular flexibility index (Phi) is 2.65. The number of H-pyrrole nitrogens is 1. The van der Waals surface area contributed by atoms with Crippen LogP contribution in [0.3, 0.4) is 0 Å². The lowest BCUT2D eigenvalue weighted by Crippen LogP contribution is -2.15. The van der Waals surface area contributed by atoms with Gasteiger partial charge in [-0.1, -0.05) is 20.8 Å². The van der Waals surface area contributed by atoms with Gasteiger partial charge in [0, 0.05) is 34.1 Å². The zero-order chi connectivity index (χ0) is 12.6. The average Bonchev–Trinajstić information content (AvgIpc) is 2.72. The van der Waals surface area contributed by atoms with E-state index in [9.17, 15) is 10.1 Å². The van der Waals surface area contributed by atoms with Crippen LogP contribution in [0.2, 0.25) is 0 Å². The third-order valence-electron chi connectivity index (χ3n) is 3.43. The maximum Gasteiger partial charge on any atom is 0.270 e. The molecule has 0 fully saturated rings. The second-order valence-electron chi connectivity index (χ2n) is 4.95. The summed E-state index contributed by atoms with van der Waals surface area (Å²) in [6, 6.07) is 6.91. The van der Waals surface area contributed by atoms with E-state index in [1.54, 1.807) is 12.1 Å². The highest BCUT2D eigenvalue weighted by Gasteiger charge is 2.20. The van der Waals surface area contributed by atoms with Crippen molar-refractivity contribution >= 4 is 16.6 Å². The lowest BCUT2D eigenvalue weighted by molar-refractivity contribution is -0.384. The van der Waals surface area contributed by atoms with Gasteiger partial charge in [0.15, 0.2) is 0 Å². The second kappa shape index (κ2) is 3.87. The van der Waals surface area contributed by atoms with E-state index in [0.717, 1.165) is 23.0 Å². The van der Waals surface area contributed by atoms with Crippen LogP contribution in [0.4, 0.5) is 5.69 Å². The number of nitro benzene ring substituents is 1. The normalized spacial score (nSPS) is 11.9. The minimum atomic E-state index is -0.364. The van der Waals surface area contributed by atoms with Crippen molar-refractivity contribution in [2.45, 2.75) is 32.6 Å². The molecule has 0 bridgehead atoms. The summed E-state index contributed by atoms with van der Waals surface area (Å²) < 4.78 is 0. The number of nitro groups is 1. The lowest BCUT2D eigenvalue weighted by atomic mass is 9.86. The Hall–Kier alpha value is -1.84. The van der Waals surface area contributed by atoms with E-state index in [0.29, 0.717) is 0 Å². The third-order valence-corrected chi connectivity index (χ3v) is 3.43. The van der Waals surface area contributed by atoms with Crippen molar-refractivity contribution in [1.82, 2.24) is 4.98 Å². The summed E-state index contributed by atoms with van der Waals surface area (Å²) in [6.07, 6.45) is 1.02. The van der Waals surface area contributed by atoms with Crippen molar-refractivity contribution in [2.24, 2.45) is 0 Å². The molecule has 0 saturated heterocycles. The standard InChI is InChI=1S/C13H16N2O2/c1-4-13(2,3)12-8-9-7-10(15(16)17)5-6-11(9)14-12/h5-8,14H,4H2,1-3H3. The van der Waals surface area contributed by atoms with Crippen LogP contribution in [-0.4, -0.2) is 9.91 Å². The Morgan fingerprint density at radius 3 is 2.65 bits per heavy atom. The fraction of sp³-hybridized carbons (Fsp3) is 0.385. The topological polar surface area (TPSA) is 58.9 Å². The van der Waals surface area contributed by atoms with E-state index in [1.807, 2.05) is 6.07 Å². The summed E-state index contributed by atoms with van der Waals surface area (Å²) >= 11 is 0. The number of aromatic amines is 1. The van der Waals surface area contributed by atoms with Crippen LogP contribution in [0, 0.1) is 10.1 Å². The summed E-state index contributed by atoms with van der Waals surface area (Å²) in [7, 11) is 0. The van der Waals surface area contributed by atoms with Crippen LogP contribution in [-0.2, 0) is 5.41 Å². The van der Waals surface area contributed by atoms with Gasteiger partial charge in [-0.3, -0.25) is 10.1 Å². The van der Waals surface area contributed by atoms with Gasteiger partial charge in [-0.2, -0.15) is 0 Å². The SMILES string of the molecule is CCC(C)(C)c1cc2cc([N+](=O)[O-])ccc2[nH]1. The van der Waals surface area contributed by atoms with Crippen molar-refractivity contribution < 1.29 is 4.92 Å². The first kappa shape index (κ1) is 11.6. The van der Waals surface area contributed by atoms with Crippen LogP contribution in [0.1, 0.15) is 32.9 Å². The Morgan fingerprint density at radius 2 is 2.06 bits per heavy atom. The monoisotopic (exact) mass is 232 g/mol. The number of nitrogens with zero attached hydrogens (tertiary/aromatic N) is 1. The number of hydrogen-bond acceptors (Lipinski definition) is 2. The first-order valence-corrected chi connectivity index (χ1v) is 5.71. The van der Waals surface area contributed by atoms with Crippen LogP contribution in [0.25, 0.3) is 10.9 Å². The van der Waals surface area contributed by atoms with Crippen molar-refractivity contribution in [1.29, 1.82) is 0 Å². The Balaban J connectivity index is 2.54. The van der Waals surface area contributed by atoms with Crippen molar-refractivity contribution in [3.8, 4) is 0 Å². The molecule has 1 N–H and O–H groups in total. The smallest absolute Gasteiger partial charge is 0.270 e. The number of non-ortho nitro benzene ring substituents is 1. The van der Waals surface area contributed by atoms with Crippen molar-refractivity contribution in [3.05, 3.63) is 40.1 Å². The van der Waals surface area contributed by atoms with Gasteiger partial charge in [0.25, 0.3) is 5.69 Å². The van der Waals surface area contributed by atoms with Gasteiger partial charge in [-0.15, -0.1) is 0 Å². The average molecular weight is 232 g/mol. The van der Waals surface area contributed by atoms with Crippen LogP contribution >= 0.6 is 0 Å². The largest absolute Gasteiger partial charge is 0.358 e. The zero-order valence-electron chi connectivity index (χ0n) is 10.3. The molecule has 17 heavy (non-hydrogen) atoms. The molecule has 2 aromatic rings. The minimum Gasteiger partial charge on any atom is -0.358 e. The molecule has 1 aromatic heterocycles. The van der Waals surface area contributed by atoms with Gasteiger partial charge in [-0.25, -0.2) is 0 Å². The first-order valence-electron chi connectivity index (χ1n) is 5.71. The molecule has 0 aliphatic rings. The van der Waals surface area contributed by atoms with Gasteiger partial charge in [0.2, 0.25) is 0 Å². The maximum atomic E-state index is 10.7.